The highest BCUT2D eigenvalue weighted by Crippen LogP contribution is 2.32. The van der Waals surface area contributed by atoms with Gasteiger partial charge in [-0.05, 0) is 19.8 Å². The van der Waals surface area contributed by atoms with Crippen LogP contribution in [0.4, 0.5) is 0 Å². The molecule has 2 heteroatoms. The van der Waals surface area contributed by atoms with Crippen molar-refractivity contribution in [2.75, 3.05) is 0 Å². The lowest BCUT2D eigenvalue weighted by molar-refractivity contribution is -0.121. The van der Waals surface area contributed by atoms with Gasteiger partial charge in [-0.15, -0.1) is 0 Å². The Kier molecular flexibility index (Phi) is 0.967. The monoisotopic (exact) mass is 137 g/mol. The van der Waals surface area contributed by atoms with Crippen molar-refractivity contribution in [3.05, 3.63) is 12.2 Å². The van der Waals surface area contributed by atoms with Gasteiger partial charge in [-0.25, -0.2) is 0 Å². The van der Waals surface area contributed by atoms with Crippen LogP contribution in [0.2, 0.25) is 0 Å². The number of carbonyl (C=O) groups is 1. The minimum absolute atomic E-state index is 0.0799. The van der Waals surface area contributed by atoms with E-state index < -0.39 is 0 Å². The van der Waals surface area contributed by atoms with E-state index in [1.54, 1.807) is 0 Å². The lowest BCUT2D eigenvalue weighted by Crippen LogP contribution is -2.37. The molecule has 0 aromatic heterocycles. The van der Waals surface area contributed by atoms with Crippen molar-refractivity contribution in [3.63, 3.8) is 0 Å². The van der Waals surface area contributed by atoms with Gasteiger partial charge in [-0.1, -0.05) is 12.2 Å². The Morgan fingerprint density at radius 1 is 1.80 bits per heavy atom. The number of hydrogen-bond acceptors (Lipinski definition) is 1. The molecule has 0 radical (unpaired) electrons. The molecular weight excluding hydrogens is 126 g/mol. The third kappa shape index (κ3) is 0.681. The Bertz CT molecular complexity index is 209. The molecule has 54 valence electrons. The molecular formula is C8H11NO. The summed E-state index contributed by atoms with van der Waals surface area (Å²) in [5.74, 6) is 0.370. The standard InChI is InChI=1S/C8H11NO/c1-8-4-2-3-6(5-8)7(10)9-8/h2-3,6H,4-5H2,1H3,(H,9,10)/t6-,8-/m0/s1. The third-order valence-electron chi connectivity index (χ3n) is 2.37. The molecule has 0 unspecified atom stereocenters. The van der Waals surface area contributed by atoms with Crippen LogP contribution in [0.15, 0.2) is 12.2 Å². The summed E-state index contributed by atoms with van der Waals surface area (Å²) in [7, 11) is 0. The predicted molar refractivity (Wildman–Crippen MR) is 38.4 cm³/mol. The SMILES string of the molecule is C[C@]12CC=C[C@@H](C1)C(=O)N2. The zero-order chi connectivity index (χ0) is 7.19. The smallest absolute Gasteiger partial charge is 0.227 e. The van der Waals surface area contributed by atoms with E-state index in [2.05, 4.69) is 18.3 Å². The van der Waals surface area contributed by atoms with Crippen LogP contribution >= 0.6 is 0 Å². The van der Waals surface area contributed by atoms with Crippen LogP contribution in [0.1, 0.15) is 19.8 Å². The summed E-state index contributed by atoms with van der Waals surface area (Å²) in [5.41, 5.74) is 0.0799. The van der Waals surface area contributed by atoms with Crippen molar-refractivity contribution in [1.82, 2.24) is 5.32 Å². The maximum atomic E-state index is 11.1. The van der Waals surface area contributed by atoms with Gasteiger partial charge >= 0.3 is 0 Å². The van der Waals surface area contributed by atoms with Gasteiger partial charge in [0.1, 0.15) is 0 Å². The Hall–Kier alpha value is -0.790. The summed E-state index contributed by atoms with van der Waals surface area (Å²) < 4.78 is 0. The first-order valence-electron chi connectivity index (χ1n) is 3.68. The lowest BCUT2D eigenvalue weighted by Gasteiger charge is -2.23. The maximum absolute atomic E-state index is 11.1. The molecule has 0 saturated carbocycles. The highest BCUT2D eigenvalue weighted by atomic mass is 16.2. The molecule has 1 saturated heterocycles. The molecule has 0 aromatic rings. The van der Waals surface area contributed by atoms with Crippen LogP contribution < -0.4 is 5.32 Å². The summed E-state index contributed by atoms with van der Waals surface area (Å²) >= 11 is 0. The van der Waals surface area contributed by atoms with Gasteiger partial charge in [0.05, 0.1) is 5.92 Å². The summed E-state index contributed by atoms with van der Waals surface area (Å²) in [6, 6.07) is 0. The summed E-state index contributed by atoms with van der Waals surface area (Å²) in [5, 5.41) is 2.99. The van der Waals surface area contributed by atoms with E-state index in [9.17, 15) is 4.79 Å². The fraction of sp³-hybridized carbons (Fsp3) is 0.625. The molecule has 2 aliphatic rings. The predicted octanol–water partition coefficient (Wildman–Crippen LogP) is 0.841. The van der Waals surface area contributed by atoms with Crippen LogP contribution in [0, 0.1) is 5.92 Å². The normalized spacial score (nSPS) is 43.7. The number of nitrogens with one attached hydrogen (secondary N) is 1. The largest absolute Gasteiger partial charge is 0.350 e. The average molecular weight is 137 g/mol. The maximum Gasteiger partial charge on any atom is 0.227 e. The summed E-state index contributed by atoms with van der Waals surface area (Å²) in [4.78, 5) is 11.1. The quantitative estimate of drug-likeness (QED) is 0.492. The molecule has 1 aliphatic carbocycles. The first-order chi connectivity index (χ1) is 4.70. The van der Waals surface area contributed by atoms with Crippen LogP contribution in [0.5, 0.6) is 0 Å². The van der Waals surface area contributed by atoms with E-state index in [1.165, 1.54) is 0 Å². The van der Waals surface area contributed by atoms with Gasteiger partial charge in [0.2, 0.25) is 5.91 Å². The van der Waals surface area contributed by atoms with Crippen molar-refractivity contribution in [2.24, 2.45) is 5.92 Å². The second-order valence-corrected chi connectivity index (χ2v) is 3.49. The van der Waals surface area contributed by atoms with Crippen molar-refractivity contribution < 1.29 is 4.79 Å². The Balaban J connectivity index is 2.34. The van der Waals surface area contributed by atoms with E-state index in [-0.39, 0.29) is 17.4 Å². The van der Waals surface area contributed by atoms with Crippen molar-refractivity contribution in [2.45, 2.75) is 25.3 Å². The first-order valence-corrected chi connectivity index (χ1v) is 3.68. The molecule has 2 nitrogen and oxygen atoms in total. The fourth-order valence-electron chi connectivity index (χ4n) is 1.80. The minimum Gasteiger partial charge on any atom is -0.350 e. The Morgan fingerprint density at radius 3 is 3.20 bits per heavy atom. The summed E-state index contributed by atoms with van der Waals surface area (Å²) in [6.45, 7) is 2.11. The van der Waals surface area contributed by atoms with Crippen molar-refractivity contribution in [3.8, 4) is 0 Å². The van der Waals surface area contributed by atoms with Gasteiger partial charge in [0, 0.05) is 5.54 Å². The van der Waals surface area contributed by atoms with E-state index >= 15 is 0 Å². The van der Waals surface area contributed by atoms with Gasteiger partial charge in [-0.3, -0.25) is 4.79 Å². The Morgan fingerprint density at radius 2 is 2.60 bits per heavy atom. The molecule has 0 spiro atoms. The third-order valence-corrected chi connectivity index (χ3v) is 2.37. The lowest BCUT2D eigenvalue weighted by atomic mass is 9.87. The number of rotatable bonds is 0. The first kappa shape index (κ1) is 5.96. The van der Waals surface area contributed by atoms with Gasteiger partial charge in [-0.2, -0.15) is 0 Å². The molecule has 1 amide bonds. The van der Waals surface area contributed by atoms with E-state index in [4.69, 9.17) is 0 Å². The van der Waals surface area contributed by atoms with Crippen molar-refractivity contribution >= 4 is 5.91 Å². The summed E-state index contributed by atoms with van der Waals surface area (Å²) in [6.07, 6.45) is 6.10. The number of amides is 1. The zero-order valence-corrected chi connectivity index (χ0v) is 6.05. The molecule has 2 atom stereocenters. The molecule has 1 fully saturated rings. The molecule has 1 aliphatic heterocycles. The second-order valence-electron chi connectivity index (χ2n) is 3.49. The molecule has 2 rings (SSSR count). The van der Waals surface area contributed by atoms with E-state index in [0.29, 0.717) is 0 Å². The van der Waals surface area contributed by atoms with Crippen LogP contribution in [0.25, 0.3) is 0 Å². The van der Waals surface area contributed by atoms with Gasteiger partial charge in [0.15, 0.2) is 0 Å². The minimum atomic E-state index is 0.0799. The van der Waals surface area contributed by atoms with Gasteiger partial charge < -0.3 is 5.32 Å². The molecule has 0 aromatic carbocycles. The van der Waals surface area contributed by atoms with Gasteiger partial charge in [0.25, 0.3) is 0 Å². The fourth-order valence-corrected chi connectivity index (χ4v) is 1.80. The average Bonchev–Trinajstić information content (AvgIpc) is 2.03. The van der Waals surface area contributed by atoms with E-state index in [1.807, 2.05) is 6.08 Å². The number of fused-ring (bicyclic) bond motifs is 2. The zero-order valence-electron chi connectivity index (χ0n) is 6.05. The van der Waals surface area contributed by atoms with Crippen LogP contribution in [0.3, 0.4) is 0 Å². The van der Waals surface area contributed by atoms with E-state index in [0.717, 1.165) is 12.8 Å². The topological polar surface area (TPSA) is 29.1 Å². The highest BCUT2D eigenvalue weighted by molar-refractivity contribution is 5.84. The van der Waals surface area contributed by atoms with Crippen LogP contribution in [-0.2, 0) is 4.79 Å². The molecule has 1 N–H and O–H groups in total. The van der Waals surface area contributed by atoms with Crippen LogP contribution in [-0.4, -0.2) is 11.4 Å². The number of hydrogen-bond donors (Lipinski definition) is 1. The molecule has 1 heterocycles. The molecule has 2 bridgehead atoms. The molecule has 10 heavy (non-hydrogen) atoms. The van der Waals surface area contributed by atoms with Crippen molar-refractivity contribution in [1.29, 1.82) is 0 Å². The highest BCUT2D eigenvalue weighted by Gasteiger charge is 2.40. The number of carbonyl (C=O) groups excluding carboxylic acids is 1. The second kappa shape index (κ2) is 1.62. The Labute approximate surface area is 60.3 Å².